The number of nitrogens with one attached hydrogen (secondary N) is 1. The van der Waals surface area contributed by atoms with Gasteiger partial charge in [0.25, 0.3) is 5.91 Å². The average Bonchev–Trinajstić information content (AvgIpc) is 3.15. The molecule has 1 N–H and O–H groups in total. The lowest BCUT2D eigenvalue weighted by Gasteiger charge is -2.15. The number of rotatable bonds is 7. The first-order valence-electron chi connectivity index (χ1n) is 8.58. The van der Waals surface area contributed by atoms with E-state index in [1.54, 1.807) is 6.92 Å². The predicted octanol–water partition coefficient (Wildman–Crippen LogP) is 3.65. The van der Waals surface area contributed by atoms with Crippen molar-refractivity contribution in [3.05, 3.63) is 54.6 Å². The second-order valence-electron chi connectivity index (χ2n) is 6.04. The van der Waals surface area contributed by atoms with E-state index >= 15 is 0 Å². The van der Waals surface area contributed by atoms with E-state index in [0.717, 1.165) is 19.4 Å². The van der Waals surface area contributed by atoms with Crippen LogP contribution in [0.4, 0.5) is 5.69 Å². The summed E-state index contributed by atoms with van der Waals surface area (Å²) in [7, 11) is 0. The average molecular weight is 341 g/mol. The van der Waals surface area contributed by atoms with Gasteiger partial charge in [-0.05, 0) is 44.0 Å². The Morgan fingerprint density at radius 1 is 1.20 bits per heavy atom. The standard InChI is InChI=1S/C20H23NO4/c1-15(25-17-8-3-2-4-9-17)20(22)21-16-7-5-10-18(13-16)24-14-19-11-6-12-23-19/h2-5,7-10,13,15,19H,6,11-12,14H2,1H3,(H,21,22)/t15-,19+/m1/s1. The predicted molar refractivity (Wildman–Crippen MR) is 96.1 cm³/mol. The molecule has 2 aromatic rings. The first-order valence-corrected chi connectivity index (χ1v) is 8.58. The van der Waals surface area contributed by atoms with Gasteiger partial charge < -0.3 is 19.5 Å². The summed E-state index contributed by atoms with van der Waals surface area (Å²) < 4.78 is 16.9. The van der Waals surface area contributed by atoms with Gasteiger partial charge in [0.15, 0.2) is 6.10 Å². The minimum atomic E-state index is -0.598. The molecule has 0 radical (unpaired) electrons. The molecule has 132 valence electrons. The molecule has 1 aliphatic heterocycles. The van der Waals surface area contributed by atoms with Crippen LogP contribution in [-0.4, -0.2) is 31.3 Å². The van der Waals surface area contributed by atoms with Crippen LogP contribution in [0.1, 0.15) is 19.8 Å². The zero-order chi connectivity index (χ0) is 17.5. The third-order valence-corrected chi connectivity index (χ3v) is 3.99. The molecule has 2 aromatic carbocycles. The molecule has 25 heavy (non-hydrogen) atoms. The van der Waals surface area contributed by atoms with Crippen molar-refractivity contribution in [3.8, 4) is 11.5 Å². The number of hydrogen-bond donors (Lipinski definition) is 1. The van der Waals surface area contributed by atoms with Crippen molar-refractivity contribution in [3.63, 3.8) is 0 Å². The van der Waals surface area contributed by atoms with Crippen LogP contribution in [-0.2, 0) is 9.53 Å². The number of carbonyl (C=O) groups excluding carboxylic acids is 1. The molecule has 0 unspecified atom stereocenters. The number of para-hydroxylation sites is 1. The lowest BCUT2D eigenvalue weighted by atomic mass is 10.2. The fourth-order valence-corrected chi connectivity index (χ4v) is 2.63. The topological polar surface area (TPSA) is 56.8 Å². The van der Waals surface area contributed by atoms with Gasteiger partial charge in [0.2, 0.25) is 0 Å². The molecule has 1 amide bonds. The number of anilines is 1. The van der Waals surface area contributed by atoms with Crippen molar-refractivity contribution in [2.45, 2.75) is 32.0 Å². The Kier molecular flexibility index (Phi) is 5.90. The van der Waals surface area contributed by atoms with Crippen molar-refractivity contribution in [2.75, 3.05) is 18.5 Å². The molecule has 5 heteroatoms. The quantitative estimate of drug-likeness (QED) is 0.835. The van der Waals surface area contributed by atoms with Gasteiger partial charge in [-0.15, -0.1) is 0 Å². The van der Waals surface area contributed by atoms with Crippen molar-refractivity contribution < 1.29 is 19.0 Å². The van der Waals surface area contributed by atoms with Gasteiger partial charge in [0.05, 0.1) is 6.10 Å². The third kappa shape index (κ3) is 5.22. The van der Waals surface area contributed by atoms with Crippen LogP contribution in [0.5, 0.6) is 11.5 Å². The summed E-state index contributed by atoms with van der Waals surface area (Å²) in [5.41, 5.74) is 0.679. The van der Waals surface area contributed by atoms with Gasteiger partial charge in [0.1, 0.15) is 18.1 Å². The molecule has 1 saturated heterocycles. The second-order valence-corrected chi connectivity index (χ2v) is 6.04. The molecule has 1 fully saturated rings. The fourth-order valence-electron chi connectivity index (χ4n) is 2.63. The van der Waals surface area contributed by atoms with Gasteiger partial charge >= 0.3 is 0 Å². The maximum Gasteiger partial charge on any atom is 0.265 e. The Hall–Kier alpha value is -2.53. The molecule has 0 saturated carbocycles. The Morgan fingerprint density at radius 2 is 2.00 bits per heavy atom. The summed E-state index contributed by atoms with van der Waals surface area (Å²) in [4.78, 5) is 12.3. The summed E-state index contributed by atoms with van der Waals surface area (Å²) >= 11 is 0. The summed E-state index contributed by atoms with van der Waals surface area (Å²) in [6.45, 7) is 3.06. The molecule has 1 aliphatic rings. The molecule has 0 aliphatic carbocycles. The van der Waals surface area contributed by atoms with Crippen LogP contribution in [0.15, 0.2) is 54.6 Å². The van der Waals surface area contributed by atoms with Crippen LogP contribution in [0, 0.1) is 0 Å². The Morgan fingerprint density at radius 3 is 2.76 bits per heavy atom. The molecule has 0 bridgehead atoms. The first kappa shape index (κ1) is 17.3. The summed E-state index contributed by atoms with van der Waals surface area (Å²) in [6.07, 6.45) is 1.69. The van der Waals surface area contributed by atoms with Crippen molar-refractivity contribution in [2.24, 2.45) is 0 Å². The zero-order valence-corrected chi connectivity index (χ0v) is 14.3. The molecule has 2 atom stereocenters. The molecular weight excluding hydrogens is 318 g/mol. The lowest BCUT2D eigenvalue weighted by molar-refractivity contribution is -0.122. The Labute approximate surface area is 147 Å². The normalized spacial score (nSPS) is 17.7. The minimum Gasteiger partial charge on any atom is -0.491 e. The molecule has 0 aromatic heterocycles. The van der Waals surface area contributed by atoms with Crippen LogP contribution < -0.4 is 14.8 Å². The maximum absolute atomic E-state index is 12.3. The van der Waals surface area contributed by atoms with Crippen LogP contribution in [0.3, 0.4) is 0 Å². The van der Waals surface area contributed by atoms with E-state index in [2.05, 4.69) is 5.32 Å². The number of carbonyl (C=O) groups is 1. The largest absolute Gasteiger partial charge is 0.491 e. The highest BCUT2D eigenvalue weighted by molar-refractivity contribution is 5.94. The van der Waals surface area contributed by atoms with Crippen LogP contribution in [0.25, 0.3) is 0 Å². The molecule has 1 heterocycles. The van der Waals surface area contributed by atoms with Gasteiger partial charge in [0, 0.05) is 18.4 Å². The fraction of sp³-hybridized carbons (Fsp3) is 0.350. The van der Waals surface area contributed by atoms with E-state index in [9.17, 15) is 4.79 Å². The van der Waals surface area contributed by atoms with Gasteiger partial charge in [-0.1, -0.05) is 24.3 Å². The van der Waals surface area contributed by atoms with E-state index in [4.69, 9.17) is 14.2 Å². The number of benzene rings is 2. The highest BCUT2D eigenvalue weighted by Crippen LogP contribution is 2.20. The van der Waals surface area contributed by atoms with E-state index in [1.165, 1.54) is 0 Å². The third-order valence-electron chi connectivity index (χ3n) is 3.99. The van der Waals surface area contributed by atoms with Gasteiger partial charge in [-0.3, -0.25) is 4.79 Å². The lowest BCUT2D eigenvalue weighted by Crippen LogP contribution is -2.30. The second kappa shape index (κ2) is 8.53. The first-order chi connectivity index (χ1) is 12.2. The van der Waals surface area contributed by atoms with Crippen LogP contribution in [0.2, 0.25) is 0 Å². The molecule has 3 rings (SSSR count). The molecule has 5 nitrogen and oxygen atoms in total. The summed E-state index contributed by atoms with van der Waals surface area (Å²) in [5.74, 6) is 1.17. The molecular formula is C20H23NO4. The van der Waals surface area contributed by atoms with E-state index in [1.807, 2.05) is 54.6 Å². The molecule has 0 spiro atoms. The monoisotopic (exact) mass is 341 g/mol. The minimum absolute atomic E-state index is 0.164. The van der Waals surface area contributed by atoms with E-state index in [0.29, 0.717) is 23.8 Å². The number of ether oxygens (including phenoxy) is 3. The number of amides is 1. The zero-order valence-electron chi connectivity index (χ0n) is 14.3. The summed E-state index contributed by atoms with van der Waals surface area (Å²) in [5, 5.41) is 2.86. The van der Waals surface area contributed by atoms with E-state index < -0.39 is 6.10 Å². The summed E-state index contributed by atoms with van der Waals surface area (Å²) in [6, 6.07) is 16.6. The Bertz CT molecular complexity index is 683. The van der Waals surface area contributed by atoms with Crippen molar-refractivity contribution >= 4 is 11.6 Å². The number of hydrogen-bond acceptors (Lipinski definition) is 4. The van der Waals surface area contributed by atoms with Gasteiger partial charge in [-0.25, -0.2) is 0 Å². The highest BCUT2D eigenvalue weighted by atomic mass is 16.5. The van der Waals surface area contributed by atoms with Crippen LogP contribution >= 0.6 is 0 Å². The SMILES string of the molecule is C[C@@H](Oc1ccccc1)C(=O)Nc1cccc(OC[C@@H]2CCCO2)c1. The van der Waals surface area contributed by atoms with Crippen molar-refractivity contribution in [1.82, 2.24) is 0 Å². The Balaban J connectivity index is 1.52. The smallest absolute Gasteiger partial charge is 0.265 e. The van der Waals surface area contributed by atoms with Gasteiger partial charge in [-0.2, -0.15) is 0 Å². The van der Waals surface area contributed by atoms with Crippen molar-refractivity contribution in [1.29, 1.82) is 0 Å². The maximum atomic E-state index is 12.3. The highest BCUT2D eigenvalue weighted by Gasteiger charge is 2.17. The van der Waals surface area contributed by atoms with E-state index in [-0.39, 0.29) is 12.0 Å².